The van der Waals surface area contributed by atoms with E-state index in [0.29, 0.717) is 5.57 Å². The monoisotopic (exact) mass is 286 g/mol. The van der Waals surface area contributed by atoms with Crippen LogP contribution in [0.2, 0.25) is 0 Å². The van der Waals surface area contributed by atoms with Crippen LogP contribution in [0.4, 0.5) is 0 Å². The SMILES string of the molecule is COC(=O)C1=CC(=C2C=CC=CC=C2)C=C(C(=O)OC)O1. The van der Waals surface area contributed by atoms with E-state index in [0.717, 1.165) is 5.57 Å². The van der Waals surface area contributed by atoms with Crippen molar-refractivity contribution in [3.63, 3.8) is 0 Å². The average Bonchev–Trinajstić information content (AvgIpc) is 2.82. The highest BCUT2D eigenvalue weighted by atomic mass is 16.6. The fourth-order valence-corrected chi connectivity index (χ4v) is 1.77. The second-order valence-electron chi connectivity index (χ2n) is 4.12. The third kappa shape index (κ3) is 3.39. The van der Waals surface area contributed by atoms with E-state index in [4.69, 9.17) is 4.74 Å². The van der Waals surface area contributed by atoms with Crippen molar-refractivity contribution in [3.8, 4) is 0 Å². The fraction of sp³-hybridized carbons (Fsp3) is 0.125. The smallest absolute Gasteiger partial charge is 0.373 e. The molecule has 0 radical (unpaired) electrons. The molecule has 0 spiro atoms. The van der Waals surface area contributed by atoms with Gasteiger partial charge in [0.2, 0.25) is 11.5 Å². The number of allylic oxidation sites excluding steroid dienone is 10. The molecule has 21 heavy (non-hydrogen) atoms. The molecule has 0 fully saturated rings. The number of carbonyl (C=O) groups is 2. The van der Waals surface area contributed by atoms with Crippen LogP contribution in [0.1, 0.15) is 0 Å². The number of hydrogen-bond acceptors (Lipinski definition) is 5. The summed E-state index contributed by atoms with van der Waals surface area (Å²) in [5.41, 5.74) is 1.48. The predicted molar refractivity (Wildman–Crippen MR) is 75.7 cm³/mol. The van der Waals surface area contributed by atoms with Crippen LogP contribution < -0.4 is 0 Å². The summed E-state index contributed by atoms with van der Waals surface area (Å²) >= 11 is 0. The molecule has 108 valence electrons. The molecule has 2 aliphatic rings. The largest absolute Gasteiger partial charge is 0.463 e. The van der Waals surface area contributed by atoms with Gasteiger partial charge in [-0.1, -0.05) is 36.5 Å². The third-order valence-corrected chi connectivity index (χ3v) is 2.78. The van der Waals surface area contributed by atoms with E-state index in [1.165, 1.54) is 26.4 Å². The highest BCUT2D eigenvalue weighted by molar-refractivity contribution is 5.93. The maximum absolute atomic E-state index is 11.7. The minimum absolute atomic E-state index is 0.0677. The lowest BCUT2D eigenvalue weighted by Gasteiger charge is -2.16. The number of hydrogen-bond donors (Lipinski definition) is 0. The van der Waals surface area contributed by atoms with E-state index in [1.807, 2.05) is 36.5 Å². The Hall–Kier alpha value is -2.82. The molecule has 0 N–H and O–H groups in total. The molecular formula is C16H14O5. The second kappa shape index (κ2) is 6.56. The molecule has 0 amide bonds. The number of methoxy groups -OCH3 is 2. The van der Waals surface area contributed by atoms with Crippen LogP contribution in [0.25, 0.3) is 0 Å². The quantitative estimate of drug-likeness (QED) is 0.728. The lowest BCUT2D eigenvalue weighted by atomic mass is 10.0. The molecule has 0 saturated carbocycles. The van der Waals surface area contributed by atoms with Gasteiger partial charge in [0.15, 0.2) is 0 Å². The molecule has 2 rings (SSSR count). The summed E-state index contributed by atoms with van der Waals surface area (Å²) in [4.78, 5) is 23.3. The Morgan fingerprint density at radius 2 is 1.29 bits per heavy atom. The van der Waals surface area contributed by atoms with Crippen molar-refractivity contribution in [3.05, 3.63) is 71.3 Å². The Bertz CT molecular complexity index is 590. The molecule has 0 aromatic heterocycles. The first kappa shape index (κ1) is 14.6. The van der Waals surface area contributed by atoms with Crippen molar-refractivity contribution >= 4 is 11.9 Å². The van der Waals surface area contributed by atoms with Crippen molar-refractivity contribution in [2.45, 2.75) is 0 Å². The molecule has 0 bridgehead atoms. The summed E-state index contributed by atoms with van der Waals surface area (Å²) in [6.45, 7) is 0. The molecule has 0 atom stereocenters. The van der Waals surface area contributed by atoms with Gasteiger partial charge in [-0.15, -0.1) is 0 Å². The molecule has 0 aromatic rings. The van der Waals surface area contributed by atoms with Crippen molar-refractivity contribution in [2.75, 3.05) is 14.2 Å². The summed E-state index contributed by atoms with van der Waals surface area (Å²) in [5.74, 6) is -1.46. The molecule has 5 nitrogen and oxygen atoms in total. The Morgan fingerprint density at radius 1 is 0.810 bits per heavy atom. The van der Waals surface area contributed by atoms with Crippen LogP contribution in [-0.4, -0.2) is 26.2 Å². The molecule has 0 aromatic carbocycles. The van der Waals surface area contributed by atoms with Gasteiger partial charge in [-0.2, -0.15) is 0 Å². The van der Waals surface area contributed by atoms with Crippen LogP contribution >= 0.6 is 0 Å². The Kier molecular flexibility index (Phi) is 4.56. The van der Waals surface area contributed by atoms with Crippen molar-refractivity contribution in [2.24, 2.45) is 0 Å². The van der Waals surface area contributed by atoms with Gasteiger partial charge in [0, 0.05) is 0 Å². The van der Waals surface area contributed by atoms with Gasteiger partial charge in [-0.05, 0) is 23.3 Å². The second-order valence-corrected chi connectivity index (χ2v) is 4.12. The first-order valence-electron chi connectivity index (χ1n) is 6.19. The van der Waals surface area contributed by atoms with E-state index in [2.05, 4.69) is 9.47 Å². The van der Waals surface area contributed by atoms with Gasteiger partial charge in [-0.3, -0.25) is 0 Å². The van der Waals surface area contributed by atoms with Crippen molar-refractivity contribution < 1.29 is 23.8 Å². The van der Waals surface area contributed by atoms with E-state index in [-0.39, 0.29) is 11.5 Å². The van der Waals surface area contributed by atoms with E-state index < -0.39 is 11.9 Å². The van der Waals surface area contributed by atoms with Crippen LogP contribution in [-0.2, 0) is 23.8 Å². The minimum Gasteiger partial charge on any atom is -0.463 e. The Labute approximate surface area is 122 Å². The summed E-state index contributed by atoms with van der Waals surface area (Å²) in [6.07, 6.45) is 14.2. The predicted octanol–water partition coefficient (Wildman–Crippen LogP) is 2.11. The molecule has 1 aliphatic heterocycles. The van der Waals surface area contributed by atoms with Crippen LogP contribution in [0.3, 0.4) is 0 Å². The molecule has 1 heterocycles. The van der Waals surface area contributed by atoms with Gasteiger partial charge >= 0.3 is 11.9 Å². The fourth-order valence-electron chi connectivity index (χ4n) is 1.77. The Balaban J connectivity index is 2.49. The summed E-state index contributed by atoms with van der Waals surface area (Å²) in [7, 11) is 2.48. The standard InChI is InChI=1S/C16H14O5/c1-19-15(17)13-9-12(10-14(21-13)16(18)20-2)11-7-5-3-4-6-8-11/h3-10H,1-2H3. The summed E-state index contributed by atoms with van der Waals surface area (Å²) in [6, 6.07) is 0. The van der Waals surface area contributed by atoms with E-state index in [1.54, 1.807) is 0 Å². The lowest BCUT2D eigenvalue weighted by molar-refractivity contribution is -0.142. The highest BCUT2D eigenvalue weighted by Gasteiger charge is 2.24. The zero-order valence-electron chi connectivity index (χ0n) is 11.7. The lowest BCUT2D eigenvalue weighted by Crippen LogP contribution is -2.17. The molecular weight excluding hydrogens is 272 g/mol. The minimum atomic E-state index is -0.665. The van der Waals surface area contributed by atoms with Crippen molar-refractivity contribution in [1.82, 2.24) is 0 Å². The first-order valence-corrected chi connectivity index (χ1v) is 6.19. The average molecular weight is 286 g/mol. The van der Waals surface area contributed by atoms with Gasteiger partial charge < -0.3 is 14.2 Å². The molecule has 1 aliphatic carbocycles. The van der Waals surface area contributed by atoms with Gasteiger partial charge in [0.25, 0.3) is 0 Å². The number of ether oxygens (including phenoxy) is 3. The third-order valence-electron chi connectivity index (χ3n) is 2.78. The number of carbonyl (C=O) groups excluding carboxylic acids is 2. The molecule has 0 saturated heterocycles. The zero-order chi connectivity index (χ0) is 15.2. The van der Waals surface area contributed by atoms with Gasteiger partial charge in [0.05, 0.1) is 14.2 Å². The van der Waals surface area contributed by atoms with Crippen LogP contribution in [0, 0.1) is 0 Å². The van der Waals surface area contributed by atoms with E-state index >= 15 is 0 Å². The van der Waals surface area contributed by atoms with E-state index in [9.17, 15) is 9.59 Å². The summed E-state index contributed by atoms with van der Waals surface area (Å²) in [5, 5.41) is 0. The normalized spacial score (nSPS) is 16.7. The molecule has 0 unspecified atom stereocenters. The number of esters is 2. The number of rotatable bonds is 2. The summed E-state index contributed by atoms with van der Waals surface area (Å²) < 4.78 is 14.5. The van der Waals surface area contributed by atoms with Crippen LogP contribution in [0.5, 0.6) is 0 Å². The highest BCUT2D eigenvalue weighted by Crippen LogP contribution is 2.25. The molecule has 5 heteroatoms. The maximum atomic E-state index is 11.7. The van der Waals surface area contributed by atoms with Gasteiger partial charge in [0.1, 0.15) is 0 Å². The topological polar surface area (TPSA) is 61.8 Å². The maximum Gasteiger partial charge on any atom is 0.373 e. The van der Waals surface area contributed by atoms with Crippen LogP contribution in [0.15, 0.2) is 71.3 Å². The van der Waals surface area contributed by atoms with Crippen molar-refractivity contribution in [1.29, 1.82) is 0 Å². The Morgan fingerprint density at radius 3 is 1.71 bits per heavy atom. The first-order chi connectivity index (χ1) is 10.2. The zero-order valence-corrected chi connectivity index (χ0v) is 11.7. The van der Waals surface area contributed by atoms with Gasteiger partial charge in [-0.25, -0.2) is 9.59 Å².